The molecule has 0 nitrogen and oxygen atoms in total. The molecule has 0 radical (unpaired) electrons. The molecule has 0 spiro atoms. The first kappa shape index (κ1) is 20.8. The molecule has 0 amide bonds. The van der Waals surface area contributed by atoms with Gasteiger partial charge >= 0.3 is 0 Å². The van der Waals surface area contributed by atoms with Crippen LogP contribution < -0.4 is 0 Å². The zero-order chi connectivity index (χ0) is 21.7. The molecule has 0 N–H and O–H groups in total. The van der Waals surface area contributed by atoms with Gasteiger partial charge in [0, 0.05) is 46.6 Å². The molecule has 0 aliphatic heterocycles. The molecule has 6 heteroatoms. The number of rotatable bonds is 5. The fraction of sp³-hybridized carbons (Fsp3) is 0.0769. The van der Waals surface area contributed by atoms with E-state index in [-0.39, 0.29) is 0 Å². The molecule has 6 heterocycles. The fourth-order valence-electron chi connectivity index (χ4n) is 3.95. The highest BCUT2D eigenvalue weighted by molar-refractivity contribution is 7.22. The van der Waals surface area contributed by atoms with E-state index in [4.69, 9.17) is 0 Å². The van der Waals surface area contributed by atoms with E-state index in [9.17, 15) is 0 Å². The van der Waals surface area contributed by atoms with Crippen LogP contribution in [-0.4, -0.2) is 0 Å². The van der Waals surface area contributed by atoms with E-state index < -0.39 is 0 Å². The van der Waals surface area contributed by atoms with Gasteiger partial charge in [-0.2, -0.15) is 0 Å². The molecule has 6 aromatic rings. The summed E-state index contributed by atoms with van der Waals surface area (Å²) in [6.07, 6.45) is 0. The third-order valence-corrected chi connectivity index (χ3v) is 11.7. The topological polar surface area (TPSA) is 0 Å². The molecule has 0 fully saturated rings. The lowest BCUT2D eigenvalue weighted by Crippen LogP contribution is -1.82. The van der Waals surface area contributed by atoms with Gasteiger partial charge in [0.25, 0.3) is 0 Å². The third kappa shape index (κ3) is 3.41. The highest BCUT2D eigenvalue weighted by Crippen LogP contribution is 2.51. The Kier molecular flexibility index (Phi) is 5.53. The molecule has 6 aromatic heterocycles. The summed E-state index contributed by atoms with van der Waals surface area (Å²) in [5, 5.41) is 13.4. The quantitative estimate of drug-likeness (QED) is 0.211. The summed E-state index contributed by atoms with van der Waals surface area (Å²) in [6.45, 7) is 4.46. The van der Waals surface area contributed by atoms with Crippen LogP contribution in [0, 0.1) is 13.8 Å². The molecule has 0 saturated heterocycles. The zero-order valence-electron chi connectivity index (χ0n) is 17.4. The summed E-state index contributed by atoms with van der Waals surface area (Å²) in [6, 6.07) is 13.6. The van der Waals surface area contributed by atoms with Crippen molar-refractivity contribution in [3.63, 3.8) is 0 Å². The maximum absolute atomic E-state index is 2.31. The molecule has 32 heavy (non-hydrogen) atoms. The molecule has 0 bridgehead atoms. The van der Waals surface area contributed by atoms with E-state index in [1.807, 2.05) is 68.0 Å². The SMILES string of the molecule is Cc1csc(-c2ccsc2-c2ccsc2-c2ccsc2-c2ccsc2-c2cccs2)c1C. The number of hydrogen-bond acceptors (Lipinski definition) is 6. The van der Waals surface area contributed by atoms with E-state index in [2.05, 4.69) is 82.5 Å². The summed E-state index contributed by atoms with van der Waals surface area (Å²) < 4.78 is 0. The van der Waals surface area contributed by atoms with Crippen LogP contribution in [0.3, 0.4) is 0 Å². The second kappa shape index (κ2) is 8.52. The van der Waals surface area contributed by atoms with Crippen LogP contribution in [0.2, 0.25) is 0 Å². The zero-order valence-corrected chi connectivity index (χ0v) is 22.3. The Bertz CT molecular complexity index is 1490. The summed E-state index contributed by atoms with van der Waals surface area (Å²) in [7, 11) is 0. The minimum atomic E-state index is 1.35. The third-order valence-electron chi connectivity index (χ3n) is 5.67. The van der Waals surface area contributed by atoms with Gasteiger partial charge in [0.1, 0.15) is 0 Å². The van der Waals surface area contributed by atoms with Crippen molar-refractivity contribution in [2.75, 3.05) is 0 Å². The standard InChI is InChI=1S/C26H18S6/c1-15-14-32-22(16(15)2)17-5-10-28-23(17)18-6-11-29-24(18)19-7-12-30-25(19)20-8-13-31-26(20)21-4-3-9-27-21/h3-14H,1-2H3. The summed E-state index contributed by atoms with van der Waals surface area (Å²) in [5.74, 6) is 0. The van der Waals surface area contributed by atoms with Crippen molar-refractivity contribution in [3.05, 3.63) is 79.8 Å². The lowest BCUT2D eigenvalue weighted by Gasteiger charge is -2.08. The molecular formula is C26H18S6. The van der Waals surface area contributed by atoms with Gasteiger partial charge in [0.2, 0.25) is 0 Å². The maximum Gasteiger partial charge on any atom is 0.0529 e. The van der Waals surface area contributed by atoms with E-state index in [0.717, 1.165) is 0 Å². The molecule has 158 valence electrons. The predicted molar refractivity (Wildman–Crippen MR) is 150 cm³/mol. The van der Waals surface area contributed by atoms with E-state index in [0.29, 0.717) is 0 Å². The average Bonchev–Trinajstić information content (AvgIpc) is 3.62. The van der Waals surface area contributed by atoms with Crippen LogP contribution in [0.4, 0.5) is 0 Å². The van der Waals surface area contributed by atoms with Crippen molar-refractivity contribution < 1.29 is 0 Å². The van der Waals surface area contributed by atoms with Crippen LogP contribution >= 0.6 is 68.0 Å². The Morgan fingerprint density at radius 1 is 0.469 bits per heavy atom. The Morgan fingerprint density at radius 3 is 1.44 bits per heavy atom. The number of thiophene rings is 6. The molecule has 0 saturated carbocycles. The van der Waals surface area contributed by atoms with E-state index in [1.165, 1.54) is 62.6 Å². The molecule has 6 rings (SSSR count). The van der Waals surface area contributed by atoms with Gasteiger partial charge in [-0.3, -0.25) is 0 Å². The van der Waals surface area contributed by atoms with Gasteiger partial charge < -0.3 is 0 Å². The van der Waals surface area contributed by atoms with Crippen molar-refractivity contribution in [3.8, 4) is 51.5 Å². The minimum absolute atomic E-state index is 1.35. The fourth-order valence-corrected chi connectivity index (χ4v) is 9.90. The van der Waals surface area contributed by atoms with Crippen molar-refractivity contribution in [1.29, 1.82) is 0 Å². The van der Waals surface area contributed by atoms with Gasteiger partial charge in [-0.25, -0.2) is 0 Å². The molecule has 0 aromatic carbocycles. The summed E-state index contributed by atoms with van der Waals surface area (Å²) in [4.78, 5) is 8.26. The summed E-state index contributed by atoms with van der Waals surface area (Å²) in [5.41, 5.74) is 8.23. The minimum Gasteiger partial charge on any atom is -0.143 e. The van der Waals surface area contributed by atoms with Crippen molar-refractivity contribution in [1.82, 2.24) is 0 Å². The Balaban J connectivity index is 1.48. The Hall–Kier alpha value is -1.80. The van der Waals surface area contributed by atoms with Crippen molar-refractivity contribution >= 4 is 68.0 Å². The second-order valence-electron chi connectivity index (χ2n) is 7.50. The van der Waals surface area contributed by atoms with Crippen LogP contribution in [0.25, 0.3) is 51.5 Å². The predicted octanol–water partition coefficient (Wildman–Crippen LogP) is 11.0. The summed E-state index contributed by atoms with van der Waals surface area (Å²) >= 11 is 11.1. The molecule has 0 unspecified atom stereocenters. The van der Waals surface area contributed by atoms with E-state index >= 15 is 0 Å². The first-order chi connectivity index (χ1) is 15.7. The highest BCUT2D eigenvalue weighted by atomic mass is 32.1. The number of hydrogen-bond donors (Lipinski definition) is 0. The normalized spacial score (nSPS) is 11.4. The van der Waals surface area contributed by atoms with Gasteiger partial charge in [0.05, 0.1) is 4.88 Å². The largest absolute Gasteiger partial charge is 0.143 e. The smallest absolute Gasteiger partial charge is 0.0529 e. The molecular weight excluding hydrogens is 505 g/mol. The van der Waals surface area contributed by atoms with Crippen LogP contribution in [0.5, 0.6) is 0 Å². The van der Waals surface area contributed by atoms with Gasteiger partial charge in [0.15, 0.2) is 0 Å². The second-order valence-corrected chi connectivity index (χ2v) is 13.0. The highest BCUT2D eigenvalue weighted by Gasteiger charge is 2.22. The van der Waals surface area contributed by atoms with Crippen LogP contribution in [0.15, 0.2) is 68.7 Å². The first-order valence-electron chi connectivity index (χ1n) is 10.1. The average molecular weight is 523 g/mol. The van der Waals surface area contributed by atoms with Crippen LogP contribution in [-0.2, 0) is 0 Å². The lowest BCUT2D eigenvalue weighted by atomic mass is 10.0. The molecule has 0 aliphatic carbocycles. The van der Waals surface area contributed by atoms with Crippen LogP contribution in [0.1, 0.15) is 11.1 Å². The first-order valence-corrected chi connectivity index (χ1v) is 15.4. The lowest BCUT2D eigenvalue weighted by molar-refractivity contribution is 1.41. The maximum atomic E-state index is 2.31. The van der Waals surface area contributed by atoms with Crippen molar-refractivity contribution in [2.24, 2.45) is 0 Å². The van der Waals surface area contributed by atoms with Gasteiger partial charge in [-0.05, 0) is 87.6 Å². The van der Waals surface area contributed by atoms with E-state index in [1.54, 1.807) is 0 Å². The monoisotopic (exact) mass is 522 g/mol. The van der Waals surface area contributed by atoms with Gasteiger partial charge in [-0.1, -0.05) is 6.07 Å². The van der Waals surface area contributed by atoms with Gasteiger partial charge in [-0.15, -0.1) is 68.0 Å². The van der Waals surface area contributed by atoms with Crippen molar-refractivity contribution in [2.45, 2.75) is 13.8 Å². The molecule has 0 atom stereocenters. The Labute approximate surface area is 211 Å². The number of aryl methyl sites for hydroxylation is 1. The Morgan fingerprint density at radius 2 is 0.969 bits per heavy atom. The molecule has 0 aliphatic rings.